The number of aryl methyl sites for hydroxylation is 2. The summed E-state index contributed by atoms with van der Waals surface area (Å²) in [5.41, 5.74) is 3.30. The van der Waals surface area contributed by atoms with Gasteiger partial charge in [0.15, 0.2) is 0 Å². The Morgan fingerprint density at radius 3 is 2.91 bits per heavy atom. The van der Waals surface area contributed by atoms with Crippen LogP contribution in [0.3, 0.4) is 0 Å². The van der Waals surface area contributed by atoms with Gasteiger partial charge in [-0.05, 0) is 44.4 Å². The van der Waals surface area contributed by atoms with Gasteiger partial charge in [-0.25, -0.2) is 0 Å². The monoisotopic (exact) mass is 319 g/mol. The summed E-state index contributed by atoms with van der Waals surface area (Å²) in [6, 6.07) is 3.72. The van der Waals surface area contributed by atoms with Crippen molar-refractivity contribution in [3.8, 4) is 0 Å². The van der Waals surface area contributed by atoms with Crippen LogP contribution in [0.2, 0.25) is 0 Å². The van der Waals surface area contributed by atoms with Crippen LogP contribution in [0.15, 0.2) is 22.8 Å². The molecule has 0 aliphatic carbocycles. The zero-order valence-electron chi connectivity index (χ0n) is 14.1. The van der Waals surface area contributed by atoms with Gasteiger partial charge in [-0.2, -0.15) is 5.10 Å². The van der Waals surface area contributed by atoms with E-state index in [9.17, 15) is 4.79 Å². The first kappa shape index (κ1) is 17.3. The second-order valence-electron chi connectivity index (χ2n) is 5.61. The standard InChI is InChI=1S/C17H25N3O3/c1-13-16(14(2)20(3)19-13)7-8-17(21)18-9-5-10-22-12-15-6-4-11-23-15/h4,6,11H,5,7-10,12H2,1-3H3,(H,18,21). The molecule has 0 fully saturated rings. The average Bonchev–Trinajstić information content (AvgIpc) is 3.11. The molecule has 2 rings (SSSR count). The van der Waals surface area contributed by atoms with Crippen LogP contribution >= 0.6 is 0 Å². The maximum Gasteiger partial charge on any atom is 0.220 e. The number of furan rings is 1. The van der Waals surface area contributed by atoms with E-state index in [2.05, 4.69) is 10.4 Å². The zero-order valence-corrected chi connectivity index (χ0v) is 14.1. The van der Waals surface area contributed by atoms with Gasteiger partial charge < -0.3 is 14.5 Å². The summed E-state index contributed by atoms with van der Waals surface area (Å²) in [4.78, 5) is 11.9. The van der Waals surface area contributed by atoms with Gasteiger partial charge in [0.05, 0.1) is 12.0 Å². The molecule has 0 aliphatic rings. The first-order valence-corrected chi connectivity index (χ1v) is 7.94. The SMILES string of the molecule is Cc1nn(C)c(C)c1CCC(=O)NCCCOCc1ccco1. The second-order valence-corrected chi connectivity index (χ2v) is 5.61. The number of nitrogens with one attached hydrogen (secondary N) is 1. The molecule has 0 aliphatic heterocycles. The van der Waals surface area contributed by atoms with Crippen LogP contribution in [0, 0.1) is 13.8 Å². The van der Waals surface area contributed by atoms with E-state index in [1.807, 2.05) is 37.7 Å². The van der Waals surface area contributed by atoms with Crippen molar-refractivity contribution in [3.63, 3.8) is 0 Å². The van der Waals surface area contributed by atoms with Crippen LogP contribution in [0.25, 0.3) is 0 Å². The van der Waals surface area contributed by atoms with Crippen LogP contribution in [-0.4, -0.2) is 28.8 Å². The molecule has 2 aromatic heterocycles. The molecule has 126 valence electrons. The minimum Gasteiger partial charge on any atom is -0.467 e. The summed E-state index contributed by atoms with van der Waals surface area (Å²) >= 11 is 0. The third-order valence-corrected chi connectivity index (χ3v) is 3.87. The highest BCUT2D eigenvalue weighted by Gasteiger charge is 2.11. The van der Waals surface area contributed by atoms with Crippen molar-refractivity contribution in [2.45, 2.75) is 39.7 Å². The number of carbonyl (C=O) groups is 1. The summed E-state index contributed by atoms with van der Waals surface area (Å²) in [6.07, 6.45) is 3.63. The first-order chi connectivity index (χ1) is 11.1. The van der Waals surface area contributed by atoms with Gasteiger partial charge in [-0.3, -0.25) is 9.48 Å². The molecule has 0 spiro atoms. The normalized spacial score (nSPS) is 10.9. The fourth-order valence-corrected chi connectivity index (χ4v) is 2.48. The van der Waals surface area contributed by atoms with Crippen molar-refractivity contribution in [1.82, 2.24) is 15.1 Å². The molecule has 6 nitrogen and oxygen atoms in total. The smallest absolute Gasteiger partial charge is 0.220 e. The molecule has 2 heterocycles. The number of rotatable bonds is 9. The second kappa shape index (κ2) is 8.53. The van der Waals surface area contributed by atoms with Crippen molar-refractivity contribution < 1.29 is 13.9 Å². The molecule has 1 N–H and O–H groups in total. The van der Waals surface area contributed by atoms with Gasteiger partial charge in [-0.1, -0.05) is 0 Å². The van der Waals surface area contributed by atoms with E-state index in [1.54, 1.807) is 6.26 Å². The third kappa shape index (κ3) is 5.25. The Hall–Kier alpha value is -2.08. The lowest BCUT2D eigenvalue weighted by atomic mass is 10.1. The minimum atomic E-state index is 0.0682. The number of ether oxygens (including phenoxy) is 1. The van der Waals surface area contributed by atoms with Crippen LogP contribution in [0.1, 0.15) is 35.6 Å². The summed E-state index contributed by atoms with van der Waals surface area (Å²) in [6.45, 7) is 5.71. The number of hydrogen-bond donors (Lipinski definition) is 1. The number of carbonyl (C=O) groups excluding carboxylic acids is 1. The summed E-state index contributed by atoms with van der Waals surface area (Å²) in [5.74, 6) is 0.884. The van der Waals surface area contributed by atoms with E-state index >= 15 is 0 Å². The largest absolute Gasteiger partial charge is 0.467 e. The third-order valence-electron chi connectivity index (χ3n) is 3.87. The Labute approximate surface area is 136 Å². The Kier molecular flexibility index (Phi) is 6.40. The maximum atomic E-state index is 11.9. The predicted molar refractivity (Wildman–Crippen MR) is 87.0 cm³/mol. The van der Waals surface area contributed by atoms with Crippen LogP contribution in [0.4, 0.5) is 0 Å². The lowest BCUT2D eigenvalue weighted by molar-refractivity contribution is -0.121. The number of amides is 1. The van der Waals surface area contributed by atoms with Gasteiger partial charge in [-0.15, -0.1) is 0 Å². The molecule has 0 unspecified atom stereocenters. The predicted octanol–water partition coefficient (Wildman–Crippen LogP) is 2.29. The van der Waals surface area contributed by atoms with Crippen LogP contribution < -0.4 is 5.32 Å². The molecule has 2 aromatic rings. The highest BCUT2D eigenvalue weighted by Crippen LogP contribution is 2.13. The number of nitrogens with zero attached hydrogens (tertiary/aromatic N) is 2. The van der Waals surface area contributed by atoms with Crippen LogP contribution in [0.5, 0.6) is 0 Å². The van der Waals surface area contributed by atoms with Crippen molar-refractivity contribution in [1.29, 1.82) is 0 Å². The van der Waals surface area contributed by atoms with Crippen molar-refractivity contribution in [2.24, 2.45) is 7.05 Å². The Morgan fingerprint density at radius 2 is 2.26 bits per heavy atom. The molecule has 1 amide bonds. The maximum absolute atomic E-state index is 11.9. The summed E-state index contributed by atoms with van der Waals surface area (Å²) in [5, 5.41) is 7.29. The molecule has 0 bridgehead atoms. The Balaban J connectivity index is 1.56. The van der Waals surface area contributed by atoms with E-state index in [4.69, 9.17) is 9.15 Å². The van der Waals surface area contributed by atoms with Gasteiger partial charge in [0.1, 0.15) is 12.4 Å². The van der Waals surface area contributed by atoms with Crippen LogP contribution in [-0.2, 0) is 29.6 Å². The molecule has 0 saturated carbocycles. The summed E-state index contributed by atoms with van der Waals surface area (Å²) < 4.78 is 12.5. The molecule has 0 saturated heterocycles. The van der Waals surface area contributed by atoms with Crippen molar-refractivity contribution in [3.05, 3.63) is 41.1 Å². The molecular weight excluding hydrogens is 294 g/mol. The lowest BCUT2D eigenvalue weighted by Gasteiger charge is -2.06. The molecule has 0 aromatic carbocycles. The first-order valence-electron chi connectivity index (χ1n) is 7.94. The highest BCUT2D eigenvalue weighted by atomic mass is 16.5. The molecule has 23 heavy (non-hydrogen) atoms. The van der Waals surface area contributed by atoms with Crippen molar-refractivity contribution >= 4 is 5.91 Å². The van der Waals surface area contributed by atoms with E-state index in [-0.39, 0.29) is 5.91 Å². The fraction of sp³-hybridized carbons (Fsp3) is 0.529. The number of aromatic nitrogens is 2. The van der Waals surface area contributed by atoms with E-state index in [0.717, 1.165) is 30.0 Å². The van der Waals surface area contributed by atoms with Gasteiger partial charge in [0.25, 0.3) is 0 Å². The average molecular weight is 319 g/mol. The van der Waals surface area contributed by atoms with E-state index in [0.29, 0.717) is 26.2 Å². The Morgan fingerprint density at radius 1 is 1.43 bits per heavy atom. The lowest BCUT2D eigenvalue weighted by Crippen LogP contribution is -2.25. The van der Waals surface area contributed by atoms with Gasteiger partial charge >= 0.3 is 0 Å². The Bertz CT molecular complexity index is 617. The zero-order chi connectivity index (χ0) is 16.7. The van der Waals surface area contributed by atoms with E-state index < -0.39 is 0 Å². The molecular formula is C17H25N3O3. The summed E-state index contributed by atoms with van der Waals surface area (Å²) in [7, 11) is 1.93. The minimum absolute atomic E-state index is 0.0682. The topological polar surface area (TPSA) is 69.3 Å². The van der Waals surface area contributed by atoms with Gasteiger partial charge in [0.2, 0.25) is 5.91 Å². The van der Waals surface area contributed by atoms with Gasteiger partial charge in [0, 0.05) is 32.3 Å². The molecule has 6 heteroatoms. The van der Waals surface area contributed by atoms with Crippen molar-refractivity contribution in [2.75, 3.05) is 13.2 Å². The molecule has 0 radical (unpaired) electrons. The molecule has 0 atom stereocenters. The van der Waals surface area contributed by atoms with E-state index in [1.165, 1.54) is 5.56 Å². The fourth-order valence-electron chi connectivity index (χ4n) is 2.48. The quantitative estimate of drug-likeness (QED) is 0.720. The highest BCUT2D eigenvalue weighted by molar-refractivity contribution is 5.76. The number of hydrogen-bond acceptors (Lipinski definition) is 4.